The van der Waals surface area contributed by atoms with Crippen molar-refractivity contribution in [3.63, 3.8) is 0 Å². The van der Waals surface area contributed by atoms with Gasteiger partial charge in [-0.1, -0.05) is 18.6 Å². The first kappa shape index (κ1) is 12.8. The Hall–Kier alpha value is -2.17. The van der Waals surface area contributed by atoms with Crippen molar-refractivity contribution in [2.24, 2.45) is 0 Å². The maximum absolute atomic E-state index is 13.4. The minimum absolute atomic E-state index is 0.0380. The minimum atomic E-state index is -0.567. The molecule has 5 heteroatoms. The number of nitrogens with one attached hydrogen (secondary N) is 2. The van der Waals surface area contributed by atoms with Crippen LogP contribution >= 0.6 is 0 Å². The zero-order valence-electron chi connectivity index (χ0n) is 11.0. The fraction of sp³-hybridized carbons (Fsp3) is 0.333. The first-order valence-corrected chi connectivity index (χ1v) is 6.72. The summed E-state index contributed by atoms with van der Waals surface area (Å²) in [6.45, 7) is 0.413. The molecule has 1 heterocycles. The third kappa shape index (κ3) is 2.19. The van der Waals surface area contributed by atoms with Gasteiger partial charge in [-0.05, 0) is 30.5 Å². The van der Waals surface area contributed by atoms with Crippen molar-refractivity contribution in [2.45, 2.75) is 31.2 Å². The van der Waals surface area contributed by atoms with Crippen LogP contribution in [0.3, 0.4) is 0 Å². The van der Waals surface area contributed by atoms with Gasteiger partial charge in [0.2, 0.25) is 5.91 Å². The number of rotatable bonds is 4. The highest BCUT2D eigenvalue weighted by Gasteiger charge is 2.45. The number of hydrogen-bond acceptors (Lipinski definition) is 2. The van der Waals surface area contributed by atoms with Crippen molar-refractivity contribution < 1.29 is 9.18 Å². The molecule has 1 amide bonds. The molecule has 1 aromatic carbocycles. The molecule has 0 unspecified atom stereocenters. The molecule has 0 bridgehead atoms. The van der Waals surface area contributed by atoms with Gasteiger partial charge in [-0.3, -0.25) is 4.79 Å². The Labute approximate surface area is 116 Å². The van der Waals surface area contributed by atoms with Crippen LogP contribution in [-0.4, -0.2) is 15.9 Å². The molecule has 3 rings (SSSR count). The summed E-state index contributed by atoms with van der Waals surface area (Å²) in [5.74, 6) is -0.334. The Morgan fingerprint density at radius 3 is 2.90 bits per heavy atom. The standard InChI is InChI=1S/C15H16FN3O/c16-12-4-1-3-11(7-12)15(5-2-6-15)14(20)18-9-13-8-17-10-19-13/h1,3-4,7-8,10H,2,5-6,9H2,(H,17,19)(H,18,20). The molecule has 1 saturated carbocycles. The van der Waals surface area contributed by atoms with Gasteiger partial charge in [0.1, 0.15) is 5.82 Å². The molecule has 20 heavy (non-hydrogen) atoms. The minimum Gasteiger partial charge on any atom is -0.350 e. The summed E-state index contributed by atoms with van der Waals surface area (Å²) in [4.78, 5) is 19.3. The Morgan fingerprint density at radius 2 is 2.30 bits per heavy atom. The molecule has 4 nitrogen and oxygen atoms in total. The Balaban J connectivity index is 1.76. The molecule has 2 N–H and O–H groups in total. The molecule has 1 aliphatic carbocycles. The third-order valence-corrected chi connectivity index (χ3v) is 4.01. The lowest BCUT2D eigenvalue weighted by molar-refractivity contribution is -0.130. The van der Waals surface area contributed by atoms with E-state index in [0.717, 1.165) is 30.5 Å². The van der Waals surface area contributed by atoms with E-state index in [1.165, 1.54) is 12.1 Å². The molecule has 104 valence electrons. The van der Waals surface area contributed by atoms with Crippen LogP contribution in [0.4, 0.5) is 4.39 Å². The molecule has 0 radical (unpaired) electrons. The average Bonchev–Trinajstić information content (AvgIpc) is 2.88. The van der Waals surface area contributed by atoms with Crippen molar-refractivity contribution in [2.75, 3.05) is 0 Å². The summed E-state index contributed by atoms with van der Waals surface area (Å²) in [7, 11) is 0. The second-order valence-electron chi connectivity index (χ2n) is 5.21. The summed E-state index contributed by atoms with van der Waals surface area (Å²) >= 11 is 0. The van der Waals surface area contributed by atoms with Crippen LogP contribution in [0.2, 0.25) is 0 Å². The highest BCUT2D eigenvalue weighted by Crippen LogP contribution is 2.44. The number of imidazole rings is 1. The maximum Gasteiger partial charge on any atom is 0.230 e. The third-order valence-electron chi connectivity index (χ3n) is 4.01. The molecular weight excluding hydrogens is 257 g/mol. The van der Waals surface area contributed by atoms with Crippen molar-refractivity contribution in [3.8, 4) is 0 Å². The normalized spacial score (nSPS) is 16.4. The van der Waals surface area contributed by atoms with E-state index in [4.69, 9.17) is 0 Å². The van der Waals surface area contributed by atoms with Gasteiger partial charge < -0.3 is 10.3 Å². The Kier molecular flexibility index (Phi) is 3.26. The van der Waals surface area contributed by atoms with Gasteiger partial charge in [-0.2, -0.15) is 0 Å². The molecule has 0 atom stereocenters. The van der Waals surface area contributed by atoms with Crippen LogP contribution in [-0.2, 0) is 16.8 Å². The highest BCUT2D eigenvalue weighted by atomic mass is 19.1. The highest BCUT2D eigenvalue weighted by molar-refractivity contribution is 5.89. The Morgan fingerprint density at radius 1 is 1.45 bits per heavy atom. The first-order valence-electron chi connectivity index (χ1n) is 6.72. The number of halogens is 1. The van der Waals surface area contributed by atoms with Crippen LogP contribution < -0.4 is 5.32 Å². The lowest BCUT2D eigenvalue weighted by atomic mass is 9.64. The fourth-order valence-electron chi connectivity index (χ4n) is 2.69. The van der Waals surface area contributed by atoms with Gasteiger partial charge in [-0.25, -0.2) is 9.37 Å². The molecule has 0 aliphatic heterocycles. The van der Waals surface area contributed by atoms with Gasteiger partial charge in [0.15, 0.2) is 0 Å². The summed E-state index contributed by atoms with van der Waals surface area (Å²) in [5, 5.41) is 2.91. The largest absolute Gasteiger partial charge is 0.350 e. The topological polar surface area (TPSA) is 57.8 Å². The van der Waals surface area contributed by atoms with Crippen LogP contribution in [0.25, 0.3) is 0 Å². The molecule has 0 saturated heterocycles. The molecule has 2 aromatic rings. The van der Waals surface area contributed by atoms with E-state index in [0.29, 0.717) is 6.54 Å². The second-order valence-corrected chi connectivity index (χ2v) is 5.21. The monoisotopic (exact) mass is 273 g/mol. The maximum atomic E-state index is 13.4. The molecule has 0 spiro atoms. The summed E-state index contributed by atoms with van der Waals surface area (Å²) in [6.07, 6.45) is 5.79. The number of aromatic amines is 1. The number of carbonyl (C=O) groups excluding carboxylic acids is 1. The van der Waals surface area contributed by atoms with Crippen molar-refractivity contribution >= 4 is 5.91 Å². The quantitative estimate of drug-likeness (QED) is 0.898. The summed E-state index contributed by atoms with van der Waals surface area (Å²) < 4.78 is 13.4. The first-order chi connectivity index (χ1) is 9.71. The lowest BCUT2D eigenvalue weighted by Crippen LogP contribution is -2.49. The van der Waals surface area contributed by atoms with E-state index in [2.05, 4.69) is 15.3 Å². The van der Waals surface area contributed by atoms with Crippen LogP contribution in [0.5, 0.6) is 0 Å². The van der Waals surface area contributed by atoms with Gasteiger partial charge in [0.05, 0.1) is 24.0 Å². The zero-order chi connectivity index (χ0) is 14.0. The summed E-state index contributed by atoms with van der Waals surface area (Å²) in [5.41, 5.74) is 1.06. The average molecular weight is 273 g/mol. The summed E-state index contributed by atoms with van der Waals surface area (Å²) in [6, 6.07) is 6.36. The van der Waals surface area contributed by atoms with Crippen molar-refractivity contribution in [1.82, 2.24) is 15.3 Å². The number of aromatic nitrogens is 2. The molecule has 1 aromatic heterocycles. The van der Waals surface area contributed by atoms with E-state index in [1.54, 1.807) is 18.6 Å². The lowest BCUT2D eigenvalue weighted by Gasteiger charge is -2.40. The number of nitrogens with zero attached hydrogens (tertiary/aromatic N) is 1. The van der Waals surface area contributed by atoms with E-state index < -0.39 is 5.41 Å². The predicted octanol–water partition coefficient (Wildman–Crippen LogP) is 2.29. The fourth-order valence-corrected chi connectivity index (χ4v) is 2.69. The van der Waals surface area contributed by atoms with Crippen LogP contribution in [0.15, 0.2) is 36.8 Å². The van der Waals surface area contributed by atoms with E-state index >= 15 is 0 Å². The number of amides is 1. The van der Waals surface area contributed by atoms with E-state index in [9.17, 15) is 9.18 Å². The van der Waals surface area contributed by atoms with Gasteiger partial charge in [0, 0.05) is 6.20 Å². The number of benzene rings is 1. The van der Waals surface area contributed by atoms with E-state index in [-0.39, 0.29) is 11.7 Å². The van der Waals surface area contributed by atoms with Crippen molar-refractivity contribution in [3.05, 3.63) is 53.9 Å². The number of hydrogen-bond donors (Lipinski definition) is 2. The molecule has 1 fully saturated rings. The SMILES string of the molecule is O=C(NCc1cnc[nH]1)C1(c2cccc(F)c2)CCC1. The van der Waals surface area contributed by atoms with Gasteiger partial charge >= 0.3 is 0 Å². The molecular formula is C15H16FN3O. The van der Waals surface area contributed by atoms with Crippen molar-refractivity contribution in [1.29, 1.82) is 0 Å². The second kappa shape index (κ2) is 5.07. The van der Waals surface area contributed by atoms with Crippen LogP contribution in [0.1, 0.15) is 30.5 Å². The molecule has 1 aliphatic rings. The number of carbonyl (C=O) groups is 1. The number of H-pyrrole nitrogens is 1. The van der Waals surface area contributed by atoms with E-state index in [1.807, 2.05) is 6.07 Å². The van der Waals surface area contributed by atoms with Gasteiger partial charge in [-0.15, -0.1) is 0 Å². The van der Waals surface area contributed by atoms with Gasteiger partial charge in [0.25, 0.3) is 0 Å². The Bertz CT molecular complexity index is 605. The predicted molar refractivity (Wildman–Crippen MR) is 72.4 cm³/mol. The van der Waals surface area contributed by atoms with Crippen LogP contribution in [0, 0.1) is 5.82 Å². The smallest absolute Gasteiger partial charge is 0.230 e. The zero-order valence-corrected chi connectivity index (χ0v) is 11.0.